The van der Waals surface area contributed by atoms with Crippen LogP contribution in [0.5, 0.6) is 0 Å². The maximum absolute atomic E-state index is 14.2. The second-order valence-corrected chi connectivity index (χ2v) is 5.24. The summed E-state index contributed by atoms with van der Waals surface area (Å²) in [5, 5.41) is 9.01. The largest absolute Gasteiger partial charge is 0.325 e. The lowest BCUT2D eigenvalue weighted by atomic mass is 10.1. The van der Waals surface area contributed by atoms with Crippen molar-refractivity contribution < 1.29 is 4.39 Å². The van der Waals surface area contributed by atoms with Gasteiger partial charge in [0, 0.05) is 18.6 Å². The highest BCUT2D eigenvalue weighted by Gasteiger charge is 2.13. The zero-order valence-corrected chi connectivity index (χ0v) is 12.4. The minimum absolute atomic E-state index is 0.285. The number of nitrogens with one attached hydrogen (secondary N) is 1. The third-order valence-electron chi connectivity index (χ3n) is 3.68. The summed E-state index contributed by atoms with van der Waals surface area (Å²) in [4.78, 5) is 16.0. The van der Waals surface area contributed by atoms with E-state index in [-0.39, 0.29) is 5.56 Å². The van der Waals surface area contributed by atoms with Crippen LogP contribution in [-0.4, -0.2) is 24.5 Å². The van der Waals surface area contributed by atoms with Gasteiger partial charge in [-0.1, -0.05) is 0 Å². The van der Waals surface area contributed by atoms with Crippen LogP contribution in [0.25, 0.3) is 22.6 Å². The minimum atomic E-state index is -0.423. The van der Waals surface area contributed by atoms with E-state index in [1.807, 2.05) is 18.2 Å². The standard InChI is InChI=1S/C17H11FN6/c18-13-4-3-11(9-19)8-12(13)17-21-6-7-24(17)10-15-22-14-2-1-5-20-16(14)23-15/h1-8H,10H2,(H,20,22,23). The molecule has 3 heterocycles. The van der Waals surface area contributed by atoms with Crippen LogP contribution in [0.3, 0.4) is 0 Å². The number of imidazole rings is 2. The molecule has 4 rings (SSSR count). The molecule has 0 radical (unpaired) electrons. The van der Waals surface area contributed by atoms with Crippen molar-refractivity contribution in [2.45, 2.75) is 6.54 Å². The number of aromatic amines is 1. The zero-order chi connectivity index (χ0) is 16.5. The third kappa shape index (κ3) is 2.40. The number of nitrogens with zero attached hydrogens (tertiary/aromatic N) is 5. The van der Waals surface area contributed by atoms with Crippen molar-refractivity contribution in [1.29, 1.82) is 5.26 Å². The summed E-state index contributed by atoms with van der Waals surface area (Å²) in [5.74, 6) is 0.713. The molecular weight excluding hydrogens is 307 g/mol. The normalized spacial score (nSPS) is 10.8. The van der Waals surface area contributed by atoms with Gasteiger partial charge >= 0.3 is 0 Å². The predicted molar refractivity (Wildman–Crippen MR) is 85.3 cm³/mol. The minimum Gasteiger partial charge on any atom is -0.325 e. The number of hydrogen-bond donors (Lipinski definition) is 1. The van der Waals surface area contributed by atoms with E-state index in [1.54, 1.807) is 23.2 Å². The van der Waals surface area contributed by atoms with E-state index in [2.05, 4.69) is 19.9 Å². The van der Waals surface area contributed by atoms with Crippen LogP contribution in [-0.2, 0) is 6.54 Å². The molecule has 0 aliphatic rings. The van der Waals surface area contributed by atoms with Crippen molar-refractivity contribution in [3.63, 3.8) is 0 Å². The average molecular weight is 318 g/mol. The molecule has 1 N–H and O–H groups in total. The summed E-state index contributed by atoms with van der Waals surface area (Å²) < 4.78 is 15.9. The molecule has 0 bridgehead atoms. The lowest BCUT2D eigenvalue weighted by Crippen LogP contribution is -2.04. The van der Waals surface area contributed by atoms with Crippen LogP contribution in [0, 0.1) is 17.1 Å². The quantitative estimate of drug-likeness (QED) is 0.629. The molecule has 0 atom stereocenters. The molecule has 0 aliphatic heterocycles. The van der Waals surface area contributed by atoms with E-state index < -0.39 is 5.82 Å². The van der Waals surface area contributed by atoms with Gasteiger partial charge in [-0.2, -0.15) is 5.26 Å². The summed E-state index contributed by atoms with van der Waals surface area (Å²) in [6.07, 6.45) is 5.03. The number of halogens is 1. The molecule has 7 heteroatoms. The zero-order valence-electron chi connectivity index (χ0n) is 12.4. The van der Waals surface area contributed by atoms with Crippen LogP contribution in [0.15, 0.2) is 48.9 Å². The molecule has 6 nitrogen and oxygen atoms in total. The fraction of sp³-hybridized carbons (Fsp3) is 0.0588. The first-order chi connectivity index (χ1) is 11.7. The van der Waals surface area contributed by atoms with E-state index in [1.165, 1.54) is 18.2 Å². The van der Waals surface area contributed by atoms with Crippen LogP contribution in [0.4, 0.5) is 4.39 Å². The molecule has 0 spiro atoms. The molecule has 116 valence electrons. The first-order valence-corrected chi connectivity index (χ1v) is 7.25. The van der Waals surface area contributed by atoms with Crippen molar-refractivity contribution in [3.8, 4) is 17.5 Å². The second kappa shape index (κ2) is 5.59. The molecule has 0 unspecified atom stereocenters. The number of fused-ring (bicyclic) bond motifs is 1. The third-order valence-corrected chi connectivity index (χ3v) is 3.68. The smallest absolute Gasteiger partial charge is 0.157 e. The molecule has 3 aromatic heterocycles. The summed E-state index contributed by atoms with van der Waals surface area (Å²) in [6, 6.07) is 9.91. The van der Waals surface area contributed by atoms with Crippen molar-refractivity contribution in [2.75, 3.05) is 0 Å². The number of hydrogen-bond acceptors (Lipinski definition) is 4. The Kier molecular flexibility index (Phi) is 3.28. The van der Waals surface area contributed by atoms with Crippen LogP contribution >= 0.6 is 0 Å². The Morgan fingerprint density at radius 3 is 2.96 bits per heavy atom. The first kappa shape index (κ1) is 14.1. The van der Waals surface area contributed by atoms with Crippen molar-refractivity contribution in [1.82, 2.24) is 24.5 Å². The summed E-state index contributed by atoms with van der Waals surface area (Å²) in [5.41, 5.74) is 2.14. The first-order valence-electron chi connectivity index (χ1n) is 7.25. The summed E-state index contributed by atoms with van der Waals surface area (Å²) in [7, 11) is 0. The molecule has 24 heavy (non-hydrogen) atoms. The van der Waals surface area contributed by atoms with Crippen molar-refractivity contribution in [2.24, 2.45) is 0 Å². The van der Waals surface area contributed by atoms with Crippen LogP contribution in [0.1, 0.15) is 11.4 Å². The molecule has 0 aliphatic carbocycles. The molecule has 1 aromatic carbocycles. The highest BCUT2D eigenvalue weighted by atomic mass is 19.1. The van der Waals surface area contributed by atoms with Gasteiger partial charge in [0.2, 0.25) is 0 Å². The fourth-order valence-corrected chi connectivity index (χ4v) is 2.58. The monoisotopic (exact) mass is 318 g/mol. The predicted octanol–water partition coefficient (Wildman–Crippen LogP) is 2.88. The molecule has 0 saturated heterocycles. The number of rotatable bonds is 3. The van der Waals surface area contributed by atoms with E-state index in [4.69, 9.17) is 5.26 Å². The summed E-state index contributed by atoms with van der Waals surface area (Å²) >= 11 is 0. The van der Waals surface area contributed by atoms with Crippen molar-refractivity contribution >= 4 is 11.2 Å². The van der Waals surface area contributed by atoms with E-state index in [0.29, 0.717) is 29.4 Å². The maximum Gasteiger partial charge on any atom is 0.157 e. The SMILES string of the molecule is N#Cc1ccc(F)c(-c2nccn2Cc2nc3cccnc3[nH]2)c1. The molecule has 0 fully saturated rings. The van der Waals surface area contributed by atoms with Crippen LogP contribution < -0.4 is 0 Å². The summed E-state index contributed by atoms with van der Waals surface area (Å²) in [6.45, 7) is 0.391. The second-order valence-electron chi connectivity index (χ2n) is 5.24. The Morgan fingerprint density at radius 1 is 1.21 bits per heavy atom. The molecular formula is C17H11FN6. The van der Waals surface area contributed by atoms with E-state index in [9.17, 15) is 4.39 Å². The van der Waals surface area contributed by atoms with Gasteiger partial charge in [0.1, 0.15) is 23.0 Å². The van der Waals surface area contributed by atoms with Gasteiger partial charge in [0.25, 0.3) is 0 Å². The Morgan fingerprint density at radius 2 is 2.12 bits per heavy atom. The maximum atomic E-state index is 14.2. The van der Waals surface area contributed by atoms with Gasteiger partial charge in [-0.25, -0.2) is 19.3 Å². The number of pyridine rings is 1. The molecule has 4 aromatic rings. The number of H-pyrrole nitrogens is 1. The molecule has 0 amide bonds. The van der Waals surface area contributed by atoms with Gasteiger partial charge in [-0.15, -0.1) is 0 Å². The number of nitriles is 1. The van der Waals surface area contributed by atoms with Gasteiger partial charge in [-0.3, -0.25) is 0 Å². The van der Waals surface area contributed by atoms with Gasteiger partial charge < -0.3 is 9.55 Å². The highest BCUT2D eigenvalue weighted by molar-refractivity contribution is 5.70. The lowest BCUT2D eigenvalue weighted by Gasteiger charge is -2.07. The topological polar surface area (TPSA) is 83.2 Å². The Labute approximate surface area is 136 Å². The van der Waals surface area contributed by atoms with E-state index in [0.717, 1.165) is 5.52 Å². The van der Waals surface area contributed by atoms with E-state index >= 15 is 0 Å². The molecule has 0 saturated carbocycles. The Hall–Kier alpha value is -3.53. The van der Waals surface area contributed by atoms with Gasteiger partial charge in [-0.05, 0) is 30.3 Å². The van der Waals surface area contributed by atoms with Crippen LogP contribution in [0.2, 0.25) is 0 Å². The highest BCUT2D eigenvalue weighted by Crippen LogP contribution is 2.23. The Bertz CT molecular complexity index is 1040. The number of benzene rings is 1. The lowest BCUT2D eigenvalue weighted by molar-refractivity contribution is 0.627. The van der Waals surface area contributed by atoms with Gasteiger partial charge in [0.05, 0.1) is 23.7 Å². The Balaban J connectivity index is 1.74. The average Bonchev–Trinajstić information content (AvgIpc) is 3.21. The van der Waals surface area contributed by atoms with Gasteiger partial charge in [0.15, 0.2) is 5.65 Å². The fourth-order valence-electron chi connectivity index (χ4n) is 2.58. The van der Waals surface area contributed by atoms with Crippen molar-refractivity contribution in [3.05, 3.63) is 66.1 Å². The number of aromatic nitrogens is 5.